The minimum atomic E-state index is -0.311. The number of esters is 1. The van der Waals surface area contributed by atoms with Crippen LogP contribution in [0.2, 0.25) is 0 Å². The molecular weight excluding hydrogens is 282 g/mol. The van der Waals surface area contributed by atoms with Crippen molar-refractivity contribution in [3.05, 3.63) is 51.7 Å². The molecule has 1 aromatic carbocycles. The molecule has 2 rings (SSSR count). The van der Waals surface area contributed by atoms with Crippen molar-refractivity contribution in [2.24, 2.45) is 0 Å². The summed E-state index contributed by atoms with van der Waals surface area (Å²) in [7, 11) is 1.39. The van der Waals surface area contributed by atoms with Crippen LogP contribution in [0.15, 0.2) is 36.4 Å². The highest BCUT2D eigenvalue weighted by atomic mass is 32.1. The van der Waals surface area contributed by atoms with Crippen LogP contribution in [0.5, 0.6) is 0 Å². The van der Waals surface area contributed by atoms with Crippen LogP contribution in [0.1, 0.15) is 40.9 Å². The molecule has 112 valence electrons. The van der Waals surface area contributed by atoms with Crippen molar-refractivity contribution in [2.45, 2.75) is 32.7 Å². The number of benzene rings is 1. The Morgan fingerprint density at radius 2 is 1.81 bits per heavy atom. The molecule has 0 aliphatic heterocycles. The number of carbonyl (C=O) groups excluding carboxylic acids is 1. The van der Waals surface area contributed by atoms with E-state index in [1.807, 2.05) is 23.5 Å². The first-order valence-electron chi connectivity index (χ1n) is 6.91. The summed E-state index contributed by atoms with van der Waals surface area (Å²) in [5.41, 5.74) is 1.76. The molecule has 2 aromatic rings. The monoisotopic (exact) mass is 303 g/mol. The van der Waals surface area contributed by atoms with Crippen molar-refractivity contribution in [2.75, 3.05) is 12.4 Å². The van der Waals surface area contributed by atoms with Gasteiger partial charge in [-0.25, -0.2) is 4.79 Å². The lowest BCUT2D eigenvalue weighted by atomic mass is 9.95. The first kappa shape index (κ1) is 15.6. The van der Waals surface area contributed by atoms with Crippen molar-refractivity contribution in [3.63, 3.8) is 0 Å². The van der Waals surface area contributed by atoms with E-state index in [1.165, 1.54) is 16.9 Å². The van der Waals surface area contributed by atoms with Gasteiger partial charge in [0.2, 0.25) is 0 Å². The second-order valence-corrected chi connectivity index (χ2v) is 7.11. The van der Waals surface area contributed by atoms with Crippen LogP contribution in [0.4, 0.5) is 5.69 Å². The highest BCUT2D eigenvalue weighted by molar-refractivity contribution is 7.12. The molecule has 0 spiro atoms. The molecule has 0 aliphatic carbocycles. The number of nitrogens with one attached hydrogen (secondary N) is 1. The van der Waals surface area contributed by atoms with Crippen molar-refractivity contribution in [1.29, 1.82) is 0 Å². The summed E-state index contributed by atoms with van der Waals surface area (Å²) in [6, 6.07) is 11.7. The zero-order chi connectivity index (χ0) is 15.5. The highest BCUT2D eigenvalue weighted by Crippen LogP contribution is 2.29. The number of hydrogen-bond donors (Lipinski definition) is 1. The smallest absolute Gasteiger partial charge is 0.337 e. The number of thiophene rings is 1. The average Bonchev–Trinajstić information content (AvgIpc) is 2.94. The fraction of sp³-hybridized carbons (Fsp3) is 0.353. The van der Waals surface area contributed by atoms with E-state index in [4.69, 9.17) is 0 Å². The van der Waals surface area contributed by atoms with Crippen LogP contribution in [0.3, 0.4) is 0 Å². The summed E-state index contributed by atoms with van der Waals surface area (Å²) < 4.78 is 4.68. The maximum absolute atomic E-state index is 11.4. The largest absolute Gasteiger partial charge is 0.465 e. The van der Waals surface area contributed by atoms with Crippen molar-refractivity contribution < 1.29 is 9.53 Å². The fourth-order valence-electron chi connectivity index (χ4n) is 1.91. The zero-order valence-corrected chi connectivity index (χ0v) is 13.7. The van der Waals surface area contributed by atoms with E-state index < -0.39 is 0 Å². The minimum Gasteiger partial charge on any atom is -0.465 e. The number of carbonyl (C=O) groups is 1. The maximum Gasteiger partial charge on any atom is 0.337 e. The van der Waals surface area contributed by atoms with Gasteiger partial charge >= 0.3 is 5.97 Å². The zero-order valence-electron chi connectivity index (χ0n) is 12.9. The molecule has 0 saturated carbocycles. The topological polar surface area (TPSA) is 38.3 Å². The second kappa shape index (κ2) is 6.31. The first-order valence-corrected chi connectivity index (χ1v) is 7.73. The van der Waals surface area contributed by atoms with Gasteiger partial charge in [-0.1, -0.05) is 20.8 Å². The third kappa shape index (κ3) is 4.08. The fourth-order valence-corrected chi connectivity index (χ4v) is 2.91. The number of rotatable bonds is 4. The van der Waals surface area contributed by atoms with E-state index in [0.717, 1.165) is 12.2 Å². The van der Waals surface area contributed by atoms with Crippen molar-refractivity contribution >= 4 is 23.0 Å². The van der Waals surface area contributed by atoms with Crippen LogP contribution in [0, 0.1) is 0 Å². The van der Waals surface area contributed by atoms with Gasteiger partial charge in [0.1, 0.15) is 0 Å². The molecule has 0 aliphatic rings. The Hall–Kier alpha value is -1.81. The molecule has 0 unspecified atom stereocenters. The molecule has 0 bridgehead atoms. The highest BCUT2D eigenvalue weighted by Gasteiger charge is 2.15. The molecule has 0 atom stereocenters. The summed E-state index contributed by atoms with van der Waals surface area (Å²) in [6.07, 6.45) is 0. The van der Waals surface area contributed by atoms with Gasteiger partial charge in [0.25, 0.3) is 0 Å². The van der Waals surface area contributed by atoms with Gasteiger partial charge < -0.3 is 10.1 Å². The molecule has 3 nitrogen and oxygen atoms in total. The Kier molecular flexibility index (Phi) is 4.68. The molecule has 4 heteroatoms. The Bertz CT molecular complexity index is 608. The number of ether oxygens (including phenoxy) is 1. The summed E-state index contributed by atoms with van der Waals surface area (Å²) in [5.74, 6) is -0.311. The Morgan fingerprint density at radius 1 is 1.14 bits per heavy atom. The molecule has 1 N–H and O–H groups in total. The predicted octanol–water partition coefficient (Wildman–Crippen LogP) is 4.44. The van der Waals surface area contributed by atoms with Crippen LogP contribution >= 0.6 is 11.3 Å². The van der Waals surface area contributed by atoms with E-state index in [2.05, 4.69) is 43.0 Å². The van der Waals surface area contributed by atoms with E-state index >= 15 is 0 Å². The van der Waals surface area contributed by atoms with Crippen LogP contribution < -0.4 is 5.32 Å². The maximum atomic E-state index is 11.4. The Balaban J connectivity index is 1.97. The number of hydrogen-bond acceptors (Lipinski definition) is 4. The number of anilines is 1. The standard InChI is InChI=1S/C17H21NO2S/c1-17(2,3)15-10-9-14(21-15)11-18-13-7-5-12(6-8-13)16(19)20-4/h5-10,18H,11H2,1-4H3. The molecule has 0 radical (unpaired) electrons. The third-order valence-electron chi connectivity index (χ3n) is 3.17. The molecule has 0 fully saturated rings. The van der Waals surface area contributed by atoms with Crippen molar-refractivity contribution in [1.82, 2.24) is 0 Å². The van der Waals surface area contributed by atoms with Gasteiger partial charge in [-0.2, -0.15) is 0 Å². The summed E-state index contributed by atoms with van der Waals surface area (Å²) in [4.78, 5) is 14.1. The normalized spacial score (nSPS) is 11.2. The summed E-state index contributed by atoms with van der Waals surface area (Å²) in [6.45, 7) is 7.46. The molecule has 0 amide bonds. The SMILES string of the molecule is COC(=O)c1ccc(NCc2ccc(C(C)(C)C)s2)cc1. The molecule has 21 heavy (non-hydrogen) atoms. The van der Waals surface area contributed by atoms with Gasteiger partial charge in [0.05, 0.1) is 12.7 Å². The van der Waals surface area contributed by atoms with E-state index in [0.29, 0.717) is 5.56 Å². The van der Waals surface area contributed by atoms with Gasteiger partial charge in [0, 0.05) is 22.0 Å². The van der Waals surface area contributed by atoms with Crippen molar-refractivity contribution in [3.8, 4) is 0 Å². The lowest BCUT2D eigenvalue weighted by Gasteiger charge is -2.15. The Morgan fingerprint density at radius 3 is 2.33 bits per heavy atom. The van der Waals surface area contributed by atoms with E-state index in [-0.39, 0.29) is 11.4 Å². The average molecular weight is 303 g/mol. The van der Waals surface area contributed by atoms with Gasteiger partial charge in [-0.15, -0.1) is 11.3 Å². The quantitative estimate of drug-likeness (QED) is 0.848. The second-order valence-electron chi connectivity index (χ2n) is 5.94. The lowest BCUT2D eigenvalue weighted by molar-refractivity contribution is 0.0601. The van der Waals surface area contributed by atoms with Gasteiger partial charge in [-0.05, 0) is 41.8 Å². The molecule has 1 aromatic heterocycles. The summed E-state index contributed by atoms with van der Waals surface area (Å²) in [5, 5.41) is 3.37. The minimum absolute atomic E-state index is 0.199. The summed E-state index contributed by atoms with van der Waals surface area (Å²) >= 11 is 1.83. The van der Waals surface area contributed by atoms with Crippen LogP contribution in [-0.2, 0) is 16.7 Å². The number of methoxy groups -OCH3 is 1. The predicted molar refractivity (Wildman–Crippen MR) is 88.1 cm³/mol. The molecule has 1 heterocycles. The van der Waals surface area contributed by atoms with Crippen LogP contribution in [0.25, 0.3) is 0 Å². The first-order chi connectivity index (χ1) is 9.90. The van der Waals surface area contributed by atoms with Gasteiger partial charge in [-0.3, -0.25) is 0 Å². The van der Waals surface area contributed by atoms with Crippen LogP contribution in [-0.4, -0.2) is 13.1 Å². The van der Waals surface area contributed by atoms with E-state index in [9.17, 15) is 4.79 Å². The van der Waals surface area contributed by atoms with E-state index in [1.54, 1.807) is 12.1 Å². The lowest BCUT2D eigenvalue weighted by Crippen LogP contribution is -2.07. The van der Waals surface area contributed by atoms with Gasteiger partial charge in [0.15, 0.2) is 0 Å². The third-order valence-corrected chi connectivity index (χ3v) is 4.68. The Labute approximate surface area is 130 Å². The molecular formula is C17H21NO2S. The molecule has 0 saturated heterocycles.